The molecule has 3 aromatic rings. The van der Waals surface area contributed by atoms with E-state index in [4.69, 9.17) is 0 Å². The first-order valence-electron chi connectivity index (χ1n) is 9.70. The molecule has 2 aromatic carbocycles. The topological polar surface area (TPSA) is 88.9 Å². The second kappa shape index (κ2) is 9.74. The van der Waals surface area contributed by atoms with E-state index in [9.17, 15) is 14.0 Å². The number of aromatic nitrogens is 3. The highest BCUT2D eigenvalue weighted by atomic mass is 32.2. The molecule has 0 spiro atoms. The quantitative estimate of drug-likeness (QED) is 0.567. The molecule has 0 saturated heterocycles. The van der Waals surface area contributed by atoms with Crippen LogP contribution in [0.15, 0.2) is 59.8 Å². The molecule has 31 heavy (non-hydrogen) atoms. The smallest absolute Gasteiger partial charge is 0.321 e. The molecular formula is C22H24FN5O2S. The summed E-state index contributed by atoms with van der Waals surface area (Å²) in [5.74, 6) is -0.539. The Balaban J connectivity index is 1.79. The first kappa shape index (κ1) is 22.5. The van der Waals surface area contributed by atoms with Gasteiger partial charge in [-0.2, -0.15) is 0 Å². The Hall–Kier alpha value is -3.20. The Bertz CT molecular complexity index is 1060. The monoisotopic (exact) mass is 441 g/mol. The number of hydrogen-bond donors (Lipinski definition) is 2. The minimum atomic E-state index is -0.559. The van der Waals surface area contributed by atoms with Gasteiger partial charge in [-0.3, -0.25) is 14.7 Å². The van der Waals surface area contributed by atoms with Crippen LogP contribution < -0.4 is 10.6 Å². The van der Waals surface area contributed by atoms with Gasteiger partial charge in [0.05, 0.1) is 17.9 Å². The van der Waals surface area contributed by atoms with Crippen LogP contribution >= 0.6 is 11.8 Å². The molecule has 0 atom stereocenters. The van der Waals surface area contributed by atoms with Gasteiger partial charge in [-0.05, 0) is 38.5 Å². The van der Waals surface area contributed by atoms with Gasteiger partial charge in [0, 0.05) is 5.54 Å². The van der Waals surface area contributed by atoms with Gasteiger partial charge in [0.15, 0.2) is 11.0 Å². The molecule has 162 valence electrons. The third-order valence-electron chi connectivity index (χ3n) is 4.09. The highest BCUT2D eigenvalue weighted by molar-refractivity contribution is 7.99. The molecule has 1 heterocycles. The number of thioether (sulfide) groups is 1. The maximum absolute atomic E-state index is 14.4. The number of benzene rings is 2. The van der Waals surface area contributed by atoms with Gasteiger partial charge in [-0.1, -0.05) is 54.2 Å². The fourth-order valence-electron chi connectivity index (χ4n) is 2.81. The summed E-state index contributed by atoms with van der Waals surface area (Å²) < 4.78 is 16.2. The van der Waals surface area contributed by atoms with Gasteiger partial charge in [-0.15, -0.1) is 10.2 Å². The predicted molar refractivity (Wildman–Crippen MR) is 118 cm³/mol. The van der Waals surface area contributed by atoms with E-state index >= 15 is 0 Å². The minimum Gasteiger partial charge on any atom is -0.333 e. The zero-order valence-corrected chi connectivity index (χ0v) is 18.4. The SMILES string of the molecule is CC(C)(C)NC(=O)NC(=O)CSc1nnc(-c2ccccc2F)n1Cc1ccccc1. The van der Waals surface area contributed by atoms with Crippen LogP contribution in [0.3, 0.4) is 0 Å². The van der Waals surface area contributed by atoms with E-state index in [1.54, 1.807) is 22.8 Å². The molecule has 2 N–H and O–H groups in total. The molecule has 0 unspecified atom stereocenters. The lowest BCUT2D eigenvalue weighted by atomic mass is 10.1. The van der Waals surface area contributed by atoms with E-state index in [1.807, 2.05) is 51.1 Å². The van der Waals surface area contributed by atoms with Crippen LogP contribution in [0.5, 0.6) is 0 Å². The van der Waals surface area contributed by atoms with E-state index < -0.39 is 23.3 Å². The summed E-state index contributed by atoms with van der Waals surface area (Å²) in [7, 11) is 0. The molecule has 7 nitrogen and oxygen atoms in total. The van der Waals surface area contributed by atoms with Crippen molar-refractivity contribution in [3.05, 3.63) is 66.0 Å². The number of carbonyl (C=O) groups is 2. The zero-order chi connectivity index (χ0) is 22.4. The van der Waals surface area contributed by atoms with Crippen molar-refractivity contribution in [2.75, 3.05) is 5.75 Å². The van der Waals surface area contributed by atoms with Gasteiger partial charge in [0.2, 0.25) is 5.91 Å². The van der Waals surface area contributed by atoms with Crippen LogP contribution in [0.25, 0.3) is 11.4 Å². The third kappa shape index (κ3) is 6.39. The van der Waals surface area contributed by atoms with Crippen LogP contribution in [0.4, 0.5) is 9.18 Å². The molecule has 0 fully saturated rings. The largest absolute Gasteiger partial charge is 0.333 e. The van der Waals surface area contributed by atoms with E-state index in [2.05, 4.69) is 20.8 Å². The molecule has 3 amide bonds. The number of hydrogen-bond acceptors (Lipinski definition) is 5. The molecule has 9 heteroatoms. The van der Waals surface area contributed by atoms with Crippen molar-refractivity contribution in [1.29, 1.82) is 0 Å². The van der Waals surface area contributed by atoms with Gasteiger partial charge in [0.1, 0.15) is 5.82 Å². The van der Waals surface area contributed by atoms with Crippen LogP contribution in [-0.2, 0) is 11.3 Å². The maximum Gasteiger partial charge on any atom is 0.321 e. The van der Waals surface area contributed by atoms with E-state index in [0.717, 1.165) is 17.3 Å². The molecule has 0 bridgehead atoms. The summed E-state index contributed by atoms with van der Waals surface area (Å²) in [6.07, 6.45) is 0. The summed E-state index contributed by atoms with van der Waals surface area (Å²) in [5, 5.41) is 13.8. The molecule has 0 aliphatic heterocycles. The Kier molecular flexibility index (Phi) is 7.06. The molecule has 3 rings (SSSR count). The lowest BCUT2D eigenvalue weighted by molar-refractivity contribution is -0.117. The van der Waals surface area contributed by atoms with Crippen molar-refractivity contribution >= 4 is 23.7 Å². The zero-order valence-electron chi connectivity index (χ0n) is 17.6. The molecule has 0 aliphatic rings. The van der Waals surface area contributed by atoms with Crippen molar-refractivity contribution in [1.82, 2.24) is 25.4 Å². The fourth-order valence-corrected chi connectivity index (χ4v) is 3.55. The van der Waals surface area contributed by atoms with Crippen LogP contribution in [-0.4, -0.2) is 38.0 Å². The van der Waals surface area contributed by atoms with E-state index in [-0.39, 0.29) is 5.75 Å². The van der Waals surface area contributed by atoms with E-state index in [1.165, 1.54) is 6.07 Å². The first-order valence-corrected chi connectivity index (χ1v) is 10.7. The van der Waals surface area contributed by atoms with Crippen LogP contribution in [0.1, 0.15) is 26.3 Å². The van der Waals surface area contributed by atoms with Gasteiger partial charge >= 0.3 is 6.03 Å². The normalized spacial score (nSPS) is 11.2. The number of nitrogens with one attached hydrogen (secondary N) is 2. The van der Waals surface area contributed by atoms with E-state index in [0.29, 0.717) is 23.1 Å². The maximum atomic E-state index is 14.4. The lowest BCUT2D eigenvalue weighted by Gasteiger charge is -2.20. The molecule has 0 radical (unpaired) electrons. The summed E-state index contributed by atoms with van der Waals surface area (Å²) in [5.41, 5.74) is 0.852. The van der Waals surface area contributed by atoms with Crippen molar-refractivity contribution in [2.24, 2.45) is 0 Å². The number of rotatable bonds is 6. The summed E-state index contributed by atoms with van der Waals surface area (Å²) in [4.78, 5) is 24.1. The van der Waals surface area contributed by atoms with Crippen molar-refractivity contribution in [3.8, 4) is 11.4 Å². The molecule has 0 saturated carbocycles. The minimum absolute atomic E-state index is 0.0399. The van der Waals surface area contributed by atoms with Crippen LogP contribution in [0.2, 0.25) is 0 Å². The fraction of sp³-hybridized carbons (Fsp3) is 0.273. The Morgan fingerprint density at radius 3 is 2.39 bits per heavy atom. The van der Waals surface area contributed by atoms with Crippen molar-refractivity contribution in [2.45, 2.75) is 38.0 Å². The number of nitrogens with zero attached hydrogens (tertiary/aromatic N) is 3. The van der Waals surface area contributed by atoms with Gasteiger partial charge in [0.25, 0.3) is 0 Å². The summed E-state index contributed by atoms with van der Waals surface area (Å²) >= 11 is 1.13. The molecule has 0 aliphatic carbocycles. The lowest BCUT2D eigenvalue weighted by Crippen LogP contribution is -2.48. The summed E-state index contributed by atoms with van der Waals surface area (Å²) in [6.45, 7) is 5.87. The Morgan fingerprint density at radius 2 is 1.71 bits per heavy atom. The molecular weight excluding hydrogens is 417 g/mol. The number of imide groups is 1. The number of amides is 3. The van der Waals surface area contributed by atoms with Gasteiger partial charge in [-0.25, -0.2) is 9.18 Å². The standard InChI is InChI=1S/C22H24FN5O2S/c1-22(2,3)25-20(30)24-18(29)14-31-21-27-26-19(16-11-7-8-12-17(16)23)28(21)13-15-9-5-4-6-10-15/h4-12H,13-14H2,1-3H3,(H2,24,25,29,30). The summed E-state index contributed by atoms with van der Waals surface area (Å²) in [6, 6.07) is 15.4. The van der Waals surface area contributed by atoms with Crippen molar-refractivity contribution < 1.29 is 14.0 Å². The highest BCUT2D eigenvalue weighted by Gasteiger charge is 2.20. The number of carbonyl (C=O) groups excluding carboxylic acids is 2. The second-order valence-corrected chi connectivity index (χ2v) is 8.84. The molecule has 1 aromatic heterocycles. The average molecular weight is 442 g/mol. The van der Waals surface area contributed by atoms with Crippen molar-refractivity contribution in [3.63, 3.8) is 0 Å². The second-order valence-electron chi connectivity index (χ2n) is 7.90. The average Bonchev–Trinajstić information content (AvgIpc) is 3.08. The number of urea groups is 1. The van der Waals surface area contributed by atoms with Gasteiger partial charge < -0.3 is 5.32 Å². The Morgan fingerprint density at radius 1 is 1.03 bits per heavy atom. The third-order valence-corrected chi connectivity index (χ3v) is 5.06. The predicted octanol–water partition coefficient (Wildman–Crippen LogP) is 3.85. The van der Waals surface area contributed by atoms with Crippen LogP contribution in [0, 0.1) is 5.82 Å². The first-order chi connectivity index (χ1) is 14.7. The highest BCUT2D eigenvalue weighted by Crippen LogP contribution is 2.26. The Labute approximate surface area is 184 Å². The number of halogens is 1.